The molecule has 8 heteroatoms. The van der Waals surface area contributed by atoms with Crippen molar-refractivity contribution in [3.05, 3.63) is 82.0 Å². The van der Waals surface area contributed by atoms with Gasteiger partial charge in [-0.15, -0.1) is 10.2 Å². The molecule has 0 unspecified atom stereocenters. The Morgan fingerprint density at radius 1 is 1.00 bits per heavy atom. The molecule has 2 aromatic carbocycles. The van der Waals surface area contributed by atoms with Crippen molar-refractivity contribution in [2.75, 3.05) is 0 Å². The predicted molar refractivity (Wildman–Crippen MR) is 92.1 cm³/mol. The van der Waals surface area contributed by atoms with Crippen molar-refractivity contribution < 1.29 is 17.6 Å². The maximum absolute atomic E-state index is 12.6. The van der Waals surface area contributed by atoms with Crippen molar-refractivity contribution in [2.45, 2.75) is 12.6 Å². The molecular weight excluding hydrogens is 359 g/mol. The highest BCUT2D eigenvalue weighted by Crippen LogP contribution is 2.30. The molecular formula is C19H12F3N3O2. The molecule has 5 nitrogen and oxygen atoms in total. The molecule has 0 amide bonds. The van der Waals surface area contributed by atoms with Gasteiger partial charge in [0.15, 0.2) is 0 Å². The highest BCUT2D eigenvalue weighted by atomic mass is 19.4. The largest absolute Gasteiger partial charge is 0.420 e. The van der Waals surface area contributed by atoms with Crippen LogP contribution in [-0.2, 0) is 12.6 Å². The first-order chi connectivity index (χ1) is 12.9. The van der Waals surface area contributed by atoms with Crippen molar-refractivity contribution in [2.24, 2.45) is 0 Å². The third kappa shape index (κ3) is 3.46. The van der Waals surface area contributed by atoms with E-state index < -0.39 is 11.7 Å². The average molecular weight is 371 g/mol. The zero-order chi connectivity index (χ0) is 19.0. The fraction of sp³-hybridized carbons (Fsp3) is 0.105. The van der Waals surface area contributed by atoms with Crippen molar-refractivity contribution in [3.63, 3.8) is 0 Å². The van der Waals surface area contributed by atoms with Crippen molar-refractivity contribution in [3.8, 4) is 11.5 Å². The number of pyridine rings is 1. The number of hydrogen-bond acceptors (Lipinski definition) is 4. The second kappa shape index (κ2) is 6.39. The summed E-state index contributed by atoms with van der Waals surface area (Å²) in [5, 5.41) is 8.61. The summed E-state index contributed by atoms with van der Waals surface area (Å²) in [6.07, 6.45) is -4.29. The Bertz CT molecular complexity index is 1160. The molecule has 2 heterocycles. The van der Waals surface area contributed by atoms with Crippen LogP contribution < -0.4 is 5.56 Å². The maximum Gasteiger partial charge on any atom is 0.416 e. The van der Waals surface area contributed by atoms with E-state index in [0.29, 0.717) is 11.1 Å². The second-order valence-electron chi connectivity index (χ2n) is 5.96. The van der Waals surface area contributed by atoms with Crippen molar-refractivity contribution in [1.29, 1.82) is 0 Å². The lowest BCUT2D eigenvalue weighted by Crippen LogP contribution is -2.12. The topological polar surface area (TPSA) is 71.8 Å². The van der Waals surface area contributed by atoms with Crippen LogP contribution in [0.1, 0.15) is 17.0 Å². The van der Waals surface area contributed by atoms with Gasteiger partial charge >= 0.3 is 6.18 Å². The monoisotopic (exact) mass is 371 g/mol. The van der Waals surface area contributed by atoms with Gasteiger partial charge in [0.2, 0.25) is 11.8 Å². The summed E-state index contributed by atoms with van der Waals surface area (Å²) < 4.78 is 43.4. The number of H-pyrrole nitrogens is 1. The van der Waals surface area contributed by atoms with Gasteiger partial charge in [-0.2, -0.15) is 13.2 Å². The third-order valence-electron chi connectivity index (χ3n) is 4.10. The Kier molecular flexibility index (Phi) is 4.02. The fourth-order valence-corrected chi connectivity index (χ4v) is 2.73. The summed E-state index contributed by atoms with van der Waals surface area (Å²) in [6.45, 7) is 0. The van der Waals surface area contributed by atoms with Crippen LogP contribution in [0.2, 0.25) is 0 Å². The molecule has 0 aliphatic rings. The zero-order valence-electron chi connectivity index (χ0n) is 13.7. The summed E-state index contributed by atoms with van der Waals surface area (Å²) in [6, 6.07) is 13.5. The lowest BCUT2D eigenvalue weighted by Gasteiger charge is -2.05. The first-order valence-corrected chi connectivity index (χ1v) is 8.01. The highest BCUT2D eigenvalue weighted by molar-refractivity contribution is 5.78. The molecule has 2 aromatic heterocycles. The number of hydrogen-bond donors (Lipinski definition) is 1. The molecule has 0 saturated carbocycles. The molecule has 0 aliphatic carbocycles. The van der Waals surface area contributed by atoms with Gasteiger partial charge in [0, 0.05) is 16.6 Å². The molecule has 0 saturated heterocycles. The Balaban J connectivity index is 1.60. The Hall–Kier alpha value is -3.42. The minimum absolute atomic E-state index is 0.0935. The third-order valence-corrected chi connectivity index (χ3v) is 4.10. The average Bonchev–Trinajstić information content (AvgIpc) is 3.10. The Labute approximate surface area is 150 Å². The number of nitrogens with one attached hydrogen (secondary N) is 1. The summed E-state index contributed by atoms with van der Waals surface area (Å²) in [5.74, 6) is 0.293. The van der Waals surface area contributed by atoms with E-state index >= 15 is 0 Å². The minimum Gasteiger partial charge on any atom is -0.420 e. The molecule has 1 N–H and O–H groups in total. The van der Waals surface area contributed by atoms with Gasteiger partial charge in [-0.05, 0) is 41.8 Å². The van der Waals surface area contributed by atoms with E-state index in [1.165, 1.54) is 12.1 Å². The number of rotatable bonds is 3. The lowest BCUT2D eigenvalue weighted by molar-refractivity contribution is -0.137. The summed E-state index contributed by atoms with van der Waals surface area (Å²) >= 11 is 0. The standard InChI is InChI=1S/C19H12F3N3O2/c20-19(21,22)14-7-5-11(6-8-14)18-25-24-16(27-18)10-13-9-12-3-1-2-4-15(12)23-17(13)26/h1-9H,10H2,(H,23,26). The number of fused-ring (bicyclic) bond motifs is 1. The maximum atomic E-state index is 12.6. The second-order valence-corrected chi connectivity index (χ2v) is 5.96. The summed E-state index contributed by atoms with van der Waals surface area (Å²) in [7, 11) is 0. The molecule has 4 rings (SSSR count). The normalized spacial score (nSPS) is 11.8. The number of alkyl halides is 3. The predicted octanol–water partition coefficient (Wildman–Crippen LogP) is 4.19. The van der Waals surface area contributed by atoms with Crippen LogP contribution in [-0.4, -0.2) is 15.2 Å². The number of aromatic nitrogens is 3. The van der Waals surface area contributed by atoms with Gasteiger partial charge in [0.25, 0.3) is 5.56 Å². The lowest BCUT2D eigenvalue weighted by atomic mass is 10.1. The molecule has 0 bridgehead atoms. The molecule has 27 heavy (non-hydrogen) atoms. The summed E-state index contributed by atoms with van der Waals surface area (Å²) in [5.41, 5.74) is 0.532. The zero-order valence-corrected chi connectivity index (χ0v) is 13.7. The van der Waals surface area contributed by atoms with Crippen LogP contribution in [0.25, 0.3) is 22.4 Å². The van der Waals surface area contributed by atoms with E-state index in [1.807, 2.05) is 18.2 Å². The van der Waals surface area contributed by atoms with Crippen LogP contribution in [0, 0.1) is 0 Å². The molecule has 0 atom stereocenters. The Morgan fingerprint density at radius 2 is 1.74 bits per heavy atom. The molecule has 0 fully saturated rings. The van der Waals surface area contributed by atoms with E-state index in [-0.39, 0.29) is 23.8 Å². The van der Waals surface area contributed by atoms with E-state index in [1.54, 1.807) is 12.1 Å². The molecule has 0 aliphatic heterocycles. The number of para-hydroxylation sites is 1. The van der Waals surface area contributed by atoms with Crippen molar-refractivity contribution >= 4 is 10.9 Å². The van der Waals surface area contributed by atoms with Gasteiger partial charge in [-0.1, -0.05) is 18.2 Å². The van der Waals surface area contributed by atoms with Gasteiger partial charge in [-0.25, -0.2) is 0 Å². The SMILES string of the molecule is O=c1[nH]c2ccccc2cc1Cc1nnc(-c2ccc(C(F)(F)F)cc2)o1. The van der Waals surface area contributed by atoms with E-state index in [0.717, 1.165) is 23.0 Å². The van der Waals surface area contributed by atoms with Crippen LogP contribution in [0.5, 0.6) is 0 Å². The van der Waals surface area contributed by atoms with Gasteiger partial charge < -0.3 is 9.40 Å². The highest BCUT2D eigenvalue weighted by Gasteiger charge is 2.30. The summed E-state index contributed by atoms with van der Waals surface area (Å²) in [4.78, 5) is 15.0. The van der Waals surface area contributed by atoms with Crippen LogP contribution in [0.15, 0.2) is 63.8 Å². The van der Waals surface area contributed by atoms with E-state index in [2.05, 4.69) is 15.2 Å². The fourth-order valence-electron chi connectivity index (χ4n) is 2.73. The van der Waals surface area contributed by atoms with E-state index in [4.69, 9.17) is 4.42 Å². The van der Waals surface area contributed by atoms with Gasteiger partial charge in [0.1, 0.15) is 0 Å². The quantitative estimate of drug-likeness (QED) is 0.586. The molecule has 0 spiro atoms. The first kappa shape index (κ1) is 17.0. The first-order valence-electron chi connectivity index (χ1n) is 8.01. The van der Waals surface area contributed by atoms with E-state index in [9.17, 15) is 18.0 Å². The van der Waals surface area contributed by atoms with Crippen LogP contribution in [0.4, 0.5) is 13.2 Å². The van der Waals surface area contributed by atoms with Crippen LogP contribution in [0.3, 0.4) is 0 Å². The molecule has 4 aromatic rings. The smallest absolute Gasteiger partial charge is 0.416 e. The van der Waals surface area contributed by atoms with Gasteiger partial charge in [-0.3, -0.25) is 4.79 Å². The number of benzene rings is 2. The molecule has 0 radical (unpaired) electrons. The minimum atomic E-state index is -4.41. The van der Waals surface area contributed by atoms with Gasteiger partial charge in [0.05, 0.1) is 12.0 Å². The number of aromatic amines is 1. The van der Waals surface area contributed by atoms with Crippen molar-refractivity contribution in [1.82, 2.24) is 15.2 Å². The number of nitrogens with zero attached hydrogens (tertiary/aromatic N) is 2. The Morgan fingerprint density at radius 3 is 2.48 bits per heavy atom. The number of halogens is 3. The van der Waals surface area contributed by atoms with Crippen LogP contribution >= 0.6 is 0 Å². The molecule has 136 valence electrons.